The number of fused-ring (bicyclic) bond motifs is 2. The highest BCUT2D eigenvalue weighted by Crippen LogP contribution is 2.42. The van der Waals surface area contributed by atoms with Crippen LogP contribution in [0.4, 0.5) is 10.1 Å². The zero-order chi connectivity index (χ0) is 12.8. The first kappa shape index (κ1) is 12.0. The van der Waals surface area contributed by atoms with Gasteiger partial charge in [-0.05, 0) is 24.6 Å². The van der Waals surface area contributed by atoms with Gasteiger partial charge >= 0.3 is 0 Å². The third-order valence-corrected chi connectivity index (χ3v) is 4.99. The van der Waals surface area contributed by atoms with Gasteiger partial charge in [0.25, 0.3) is 0 Å². The first-order valence-electron chi connectivity index (χ1n) is 6.80. The Morgan fingerprint density at radius 1 is 1.28 bits per heavy atom. The van der Waals surface area contributed by atoms with E-state index in [1.165, 1.54) is 31.7 Å². The minimum Gasteiger partial charge on any atom is -0.398 e. The molecular formula is C15H21FN2+. The summed E-state index contributed by atoms with van der Waals surface area (Å²) in [6, 6.07) is 6.14. The molecule has 2 atom stereocenters. The summed E-state index contributed by atoms with van der Waals surface area (Å²) in [7, 11) is 2.32. The van der Waals surface area contributed by atoms with Gasteiger partial charge in [-0.25, -0.2) is 4.39 Å². The minimum atomic E-state index is -0.179. The molecule has 2 N–H and O–H groups in total. The fourth-order valence-corrected chi connectivity index (χ4v) is 3.81. The first-order chi connectivity index (χ1) is 8.59. The van der Waals surface area contributed by atoms with E-state index in [2.05, 4.69) is 13.5 Å². The van der Waals surface area contributed by atoms with Crippen molar-refractivity contribution in [2.75, 3.05) is 12.8 Å². The predicted molar refractivity (Wildman–Crippen MR) is 71.0 cm³/mol. The van der Waals surface area contributed by atoms with Gasteiger partial charge in [0.2, 0.25) is 0 Å². The van der Waals surface area contributed by atoms with E-state index in [1.807, 2.05) is 0 Å². The molecule has 2 heterocycles. The topological polar surface area (TPSA) is 26.0 Å². The lowest BCUT2D eigenvalue weighted by atomic mass is 9.98. The Kier molecular flexibility index (Phi) is 2.81. The van der Waals surface area contributed by atoms with Crippen LogP contribution in [0, 0.1) is 12.2 Å². The summed E-state index contributed by atoms with van der Waals surface area (Å²) >= 11 is 0. The maximum atomic E-state index is 13.4. The molecule has 2 fully saturated rings. The lowest BCUT2D eigenvalue weighted by Crippen LogP contribution is -2.55. The van der Waals surface area contributed by atoms with Crippen molar-refractivity contribution in [1.29, 1.82) is 0 Å². The highest BCUT2D eigenvalue weighted by atomic mass is 19.1. The van der Waals surface area contributed by atoms with E-state index in [1.54, 1.807) is 12.1 Å². The number of nitrogen functional groups attached to an aromatic ring is 1. The van der Waals surface area contributed by atoms with Gasteiger partial charge in [-0.15, -0.1) is 0 Å². The Labute approximate surface area is 108 Å². The quantitative estimate of drug-likeness (QED) is 0.632. The largest absolute Gasteiger partial charge is 0.398 e. The van der Waals surface area contributed by atoms with E-state index in [0.29, 0.717) is 12.1 Å². The molecule has 3 rings (SSSR count). The maximum Gasteiger partial charge on any atom is 0.123 e. The van der Waals surface area contributed by atoms with Crippen LogP contribution >= 0.6 is 0 Å². The SMILES string of the molecule is C[N+]1(Cc2cc(F)ccc2N)C2C[CH]CC1CC2. The average Bonchev–Trinajstić information content (AvgIpc) is 2.56. The molecular weight excluding hydrogens is 227 g/mol. The molecule has 0 amide bonds. The third-order valence-electron chi connectivity index (χ3n) is 4.99. The highest BCUT2D eigenvalue weighted by molar-refractivity contribution is 5.46. The van der Waals surface area contributed by atoms with E-state index < -0.39 is 0 Å². The molecule has 2 unspecified atom stereocenters. The predicted octanol–water partition coefficient (Wildman–Crippen LogP) is 2.88. The second-order valence-electron chi connectivity index (χ2n) is 5.99. The van der Waals surface area contributed by atoms with Gasteiger partial charge in [0.15, 0.2) is 0 Å². The summed E-state index contributed by atoms with van der Waals surface area (Å²) in [5.41, 5.74) is 7.69. The van der Waals surface area contributed by atoms with Crippen LogP contribution in [0.15, 0.2) is 18.2 Å². The summed E-state index contributed by atoms with van der Waals surface area (Å²) in [6.45, 7) is 0.868. The number of halogens is 1. The standard InChI is InChI=1S/C15H21FN2/c1-18(13-3-2-4-14(18)7-6-13)10-11-9-12(16)5-8-15(11)17/h2,5,8-9,13-14H,3-4,6-7,10,17H2,1H3/q+1. The Balaban J connectivity index is 1.89. The first-order valence-corrected chi connectivity index (χ1v) is 6.80. The van der Waals surface area contributed by atoms with Crippen LogP contribution in [-0.4, -0.2) is 23.6 Å². The van der Waals surface area contributed by atoms with Crippen LogP contribution in [0.2, 0.25) is 0 Å². The normalized spacial score (nSPS) is 34.8. The van der Waals surface area contributed by atoms with E-state index in [0.717, 1.165) is 22.3 Å². The van der Waals surface area contributed by atoms with Crippen molar-refractivity contribution >= 4 is 5.69 Å². The van der Waals surface area contributed by atoms with Gasteiger partial charge in [0.1, 0.15) is 12.4 Å². The lowest BCUT2D eigenvalue weighted by Gasteiger charge is -2.45. The number of nitrogens with two attached hydrogens (primary N) is 1. The van der Waals surface area contributed by atoms with E-state index in [-0.39, 0.29) is 5.82 Å². The second kappa shape index (κ2) is 4.23. The number of benzene rings is 1. The Morgan fingerprint density at radius 2 is 1.94 bits per heavy atom. The summed E-state index contributed by atoms with van der Waals surface area (Å²) < 4.78 is 14.4. The number of piperidine rings is 1. The summed E-state index contributed by atoms with van der Waals surface area (Å²) in [5.74, 6) is -0.179. The molecule has 0 saturated carbocycles. The molecule has 1 aromatic rings. The monoisotopic (exact) mass is 248 g/mol. The molecule has 2 aliphatic heterocycles. The molecule has 1 aromatic carbocycles. The summed E-state index contributed by atoms with van der Waals surface area (Å²) in [5, 5.41) is 0. The van der Waals surface area contributed by atoms with E-state index in [9.17, 15) is 4.39 Å². The molecule has 0 spiro atoms. The van der Waals surface area contributed by atoms with Crippen molar-refractivity contribution in [2.24, 2.45) is 0 Å². The van der Waals surface area contributed by atoms with Crippen LogP contribution in [-0.2, 0) is 6.54 Å². The van der Waals surface area contributed by atoms with Gasteiger partial charge in [-0.3, -0.25) is 0 Å². The van der Waals surface area contributed by atoms with E-state index in [4.69, 9.17) is 5.73 Å². The van der Waals surface area contributed by atoms with Crippen molar-refractivity contribution in [2.45, 2.75) is 44.3 Å². The molecule has 2 aliphatic rings. The fourth-order valence-electron chi connectivity index (χ4n) is 3.81. The molecule has 2 bridgehead atoms. The number of hydrogen-bond acceptors (Lipinski definition) is 1. The highest BCUT2D eigenvalue weighted by Gasteiger charge is 2.48. The lowest BCUT2D eigenvalue weighted by molar-refractivity contribution is -0.958. The van der Waals surface area contributed by atoms with Gasteiger partial charge in [0.05, 0.1) is 19.1 Å². The average molecular weight is 248 g/mol. The number of anilines is 1. The molecule has 2 saturated heterocycles. The van der Waals surface area contributed by atoms with Crippen LogP contribution in [0.1, 0.15) is 31.2 Å². The molecule has 97 valence electrons. The van der Waals surface area contributed by atoms with Crippen LogP contribution in [0.3, 0.4) is 0 Å². The minimum absolute atomic E-state index is 0.179. The van der Waals surface area contributed by atoms with Crippen molar-refractivity contribution in [3.63, 3.8) is 0 Å². The Hall–Kier alpha value is -1.09. The van der Waals surface area contributed by atoms with Gasteiger partial charge in [-0.1, -0.05) is 0 Å². The number of hydrogen-bond donors (Lipinski definition) is 1. The third kappa shape index (κ3) is 1.81. The summed E-state index contributed by atoms with van der Waals surface area (Å²) in [6.07, 6.45) is 7.42. The smallest absolute Gasteiger partial charge is 0.123 e. The van der Waals surface area contributed by atoms with Crippen molar-refractivity contribution < 1.29 is 8.87 Å². The van der Waals surface area contributed by atoms with Crippen molar-refractivity contribution in [1.82, 2.24) is 0 Å². The Morgan fingerprint density at radius 3 is 2.61 bits per heavy atom. The summed E-state index contributed by atoms with van der Waals surface area (Å²) in [4.78, 5) is 0. The fraction of sp³-hybridized carbons (Fsp3) is 0.533. The van der Waals surface area contributed by atoms with Gasteiger partial charge < -0.3 is 10.2 Å². The second-order valence-corrected chi connectivity index (χ2v) is 5.99. The van der Waals surface area contributed by atoms with Crippen LogP contribution in [0.5, 0.6) is 0 Å². The number of nitrogens with zero attached hydrogens (tertiary/aromatic N) is 1. The molecule has 1 radical (unpaired) electrons. The van der Waals surface area contributed by atoms with Crippen LogP contribution in [0.25, 0.3) is 0 Å². The van der Waals surface area contributed by atoms with Crippen LogP contribution < -0.4 is 5.73 Å². The van der Waals surface area contributed by atoms with E-state index >= 15 is 0 Å². The number of quaternary nitrogens is 1. The molecule has 0 aromatic heterocycles. The van der Waals surface area contributed by atoms with Gasteiger partial charge in [0, 0.05) is 36.9 Å². The molecule has 18 heavy (non-hydrogen) atoms. The van der Waals surface area contributed by atoms with Crippen molar-refractivity contribution in [3.05, 3.63) is 36.0 Å². The molecule has 0 aliphatic carbocycles. The maximum absolute atomic E-state index is 13.4. The molecule has 3 heteroatoms. The van der Waals surface area contributed by atoms with Crippen molar-refractivity contribution in [3.8, 4) is 0 Å². The Bertz CT molecular complexity index is 442. The molecule has 2 nitrogen and oxygen atoms in total. The zero-order valence-corrected chi connectivity index (χ0v) is 10.9. The number of rotatable bonds is 2. The zero-order valence-electron chi connectivity index (χ0n) is 10.9. The van der Waals surface area contributed by atoms with Gasteiger partial charge in [-0.2, -0.15) is 0 Å².